The first-order valence-corrected chi connectivity index (χ1v) is 6.81. The molecule has 0 aromatic heterocycles. The standard InChI is InChI=1S/C14H19BrO4/c1-11(6-7-16)8-18-9-13(17)10-19-14-4-2-12(15)3-5-14/h2-6,13,16-17H,7-10H2,1H3. The van der Waals surface area contributed by atoms with Crippen molar-refractivity contribution in [3.8, 4) is 5.75 Å². The predicted octanol–water partition coefficient (Wildman–Crippen LogP) is 2.14. The van der Waals surface area contributed by atoms with Gasteiger partial charge in [0.1, 0.15) is 18.5 Å². The quantitative estimate of drug-likeness (QED) is 0.717. The first-order valence-electron chi connectivity index (χ1n) is 6.02. The molecular weight excluding hydrogens is 312 g/mol. The number of halogens is 1. The molecule has 5 heteroatoms. The topological polar surface area (TPSA) is 58.9 Å². The molecule has 0 bridgehead atoms. The van der Waals surface area contributed by atoms with Gasteiger partial charge in [0.15, 0.2) is 0 Å². The summed E-state index contributed by atoms with van der Waals surface area (Å²) >= 11 is 3.34. The van der Waals surface area contributed by atoms with Gasteiger partial charge in [-0.1, -0.05) is 22.0 Å². The molecule has 1 aromatic carbocycles. The van der Waals surface area contributed by atoms with Crippen LogP contribution in [-0.4, -0.2) is 42.7 Å². The Morgan fingerprint density at radius 1 is 1.32 bits per heavy atom. The van der Waals surface area contributed by atoms with Crippen LogP contribution in [0.2, 0.25) is 0 Å². The Morgan fingerprint density at radius 3 is 2.63 bits per heavy atom. The molecule has 1 unspecified atom stereocenters. The van der Waals surface area contributed by atoms with E-state index in [1.807, 2.05) is 31.2 Å². The molecule has 0 saturated carbocycles. The van der Waals surface area contributed by atoms with Gasteiger partial charge in [-0.3, -0.25) is 0 Å². The fourth-order valence-corrected chi connectivity index (χ4v) is 1.61. The smallest absolute Gasteiger partial charge is 0.119 e. The summed E-state index contributed by atoms with van der Waals surface area (Å²) in [5.41, 5.74) is 0.934. The number of ether oxygens (including phenoxy) is 2. The average molecular weight is 331 g/mol. The third-order valence-electron chi connectivity index (χ3n) is 2.34. The van der Waals surface area contributed by atoms with Gasteiger partial charge in [-0.2, -0.15) is 0 Å². The first-order chi connectivity index (χ1) is 9.11. The normalized spacial score (nSPS) is 13.4. The van der Waals surface area contributed by atoms with Gasteiger partial charge in [-0.05, 0) is 36.8 Å². The van der Waals surface area contributed by atoms with Gasteiger partial charge in [-0.25, -0.2) is 0 Å². The number of hydrogen-bond donors (Lipinski definition) is 2. The number of hydrogen-bond acceptors (Lipinski definition) is 4. The molecule has 1 aromatic rings. The SMILES string of the molecule is CC(=CCO)COCC(O)COc1ccc(Br)cc1. The van der Waals surface area contributed by atoms with Crippen molar-refractivity contribution in [1.29, 1.82) is 0 Å². The van der Waals surface area contributed by atoms with Gasteiger partial charge in [0.05, 0.1) is 19.8 Å². The summed E-state index contributed by atoms with van der Waals surface area (Å²) in [5, 5.41) is 18.4. The largest absolute Gasteiger partial charge is 0.491 e. The summed E-state index contributed by atoms with van der Waals surface area (Å²) < 4.78 is 11.7. The molecule has 0 heterocycles. The van der Waals surface area contributed by atoms with Crippen LogP contribution in [0.4, 0.5) is 0 Å². The van der Waals surface area contributed by atoms with Gasteiger partial charge >= 0.3 is 0 Å². The Labute approximate surface area is 121 Å². The first kappa shape index (κ1) is 16.2. The summed E-state index contributed by atoms with van der Waals surface area (Å²) in [6, 6.07) is 7.40. The van der Waals surface area contributed by atoms with Crippen molar-refractivity contribution >= 4 is 15.9 Å². The summed E-state index contributed by atoms with van der Waals surface area (Å²) in [6.07, 6.45) is 0.996. The fourth-order valence-electron chi connectivity index (χ4n) is 1.34. The summed E-state index contributed by atoms with van der Waals surface area (Å²) in [7, 11) is 0. The third kappa shape index (κ3) is 7.32. The molecular formula is C14H19BrO4. The lowest BCUT2D eigenvalue weighted by Gasteiger charge is -2.13. The van der Waals surface area contributed by atoms with Crippen molar-refractivity contribution in [1.82, 2.24) is 0 Å². The third-order valence-corrected chi connectivity index (χ3v) is 2.86. The van der Waals surface area contributed by atoms with Crippen LogP contribution in [0.15, 0.2) is 40.4 Å². The maximum atomic E-state index is 9.68. The van der Waals surface area contributed by atoms with E-state index in [0.717, 1.165) is 10.0 Å². The fraction of sp³-hybridized carbons (Fsp3) is 0.429. The lowest BCUT2D eigenvalue weighted by atomic mass is 10.3. The van der Waals surface area contributed by atoms with Crippen LogP contribution in [0.5, 0.6) is 5.75 Å². The molecule has 2 N–H and O–H groups in total. The summed E-state index contributed by atoms with van der Waals surface area (Å²) in [6.45, 7) is 2.65. The van der Waals surface area contributed by atoms with E-state index in [2.05, 4.69) is 15.9 Å². The second kappa shape index (κ2) is 9.09. The second-order valence-corrected chi connectivity index (χ2v) is 5.08. The highest BCUT2D eigenvalue weighted by molar-refractivity contribution is 9.10. The molecule has 0 fully saturated rings. The van der Waals surface area contributed by atoms with Crippen LogP contribution in [-0.2, 0) is 4.74 Å². The molecule has 4 nitrogen and oxygen atoms in total. The molecule has 0 aliphatic rings. The zero-order chi connectivity index (χ0) is 14.1. The Kier molecular flexibility index (Phi) is 7.74. The lowest BCUT2D eigenvalue weighted by Crippen LogP contribution is -2.23. The van der Waals surface area contributed by atoms with Gasteiger partial charge in [-0.15, -0.1) is 0 Å². The molecule has 1 atom stereocenters. The van der Waals surface area contributed by atoms with Crippen LogP contribution in [0.1, 0.15) is 6.92 Å². The van der Waals surface area contributed by atoms with E-state index in [9.17, 15) is 5.11 Å². The van der Waals surface area contributed by atoms with Crippen molar-refractivity contribution in [3.05, 3.63) is 40.4 Å². The molecule has 0 aliphatic heterocycles. The highest BCUT2D eigenvalue weighted by Gasteiger charge is 2.05. The lowest BCUT2D eigenvalue weighted by molar-refractivity contribution is 0.0193. The van der Waals surface area contributed by atoms with E-state index in [1.165, 1.54) is 0 Å². The van der Waals surface area contributed by atoms with E-state index in [4.69, 9.17) is 14.6 Å². The maximum absolute atomic E-state index is 9.68. The zero-order valence-electron chi connectivity index (χ0n) is 10.9. The van der Waals surface area contributed by atoms with Gasteiger partial charge in [0.25, 0.3) is 0 Å². The van der Waals surface area contributed by atoms with Gasteiger partial charge < -0.3 is 19.7 Å². The van der Waals surface area contributed by atoms with Crippen LogP contribution < -0.4 is 4.74 Å². The molecule has 0 amide bonds. The number of aliphatic hydroxyl groups excluding tert-OH is 2. The Balaban J connectivity index is 2.19. The minimum Gasteiger partial charge on any atom is -0.491 e. The minimum absolute atomic E-state index is 0.00439. The molecule has 106 valence electrons. The Morgan fingerprint density at radius 2 is 2.00 bits per heavy atom. The van der Waals surface area contributed by atoms with Crippen molar-refractivity contribution in [2.24, 2.45) is 0 Å². The molecule has 19 heavy (non-hydrogen) atoms. The monoisotopic (exact) mass is 330 g/mol. The minimum atomic E-state index is -0.675. The van der Waals surface area contributed by atoms with Crippen molar-refractivity contribution in [3.63, 3.8) is 0 Å². The second-order valence-electron chi connectivity index (χ2n) is 4.17. The highest BCUT2D eigenvalue weighted by atomic mass is 79.9. The van der Waals surface area contributed by atoms with E-state index in [-0.39, 0.29) is 19.8 Å². The molecule has 0 spiro atoms. The van der Waals surface area contributed by atoms with Crippen molar-refractivity contribution < 1.29 is 19.7 Å². The van der Waals surface area contributed by atoms with E-state index in [0.29, 0.717) is 12.4 Å². The van der Waals surface area contributed by atoms with E-state index in [1.54, 1.807) is 6.08 Å². The van der Waals surface area contributed by atoms with Crippen molar-refractivity contribution in [2.75, 3.05) is 26.4 Å². The molecule has 0 saturated heterocycles. The summed E-state index contributed by atoms with van der Waals surface area (Å²) in [5.74, 6) is 0.707. The Bertz CT molecular complexity index is 389. The number of rotatable bonds is 8. The predicted molar refractivity (Wildman–Crippen MR) is 77.3 cm³/mol. The molecule has 0 aliphatic carbocycles. The van der Waals surface area contributed by atoms with Crippen LogP contribution in [0.3, 0.4) is 0 Å². The van der Waals surface area contributed by atoms with Crippen LogP contribution in [0.25, 0.3) is 0 Å². The maximum Gasteiger partial charge on any atom is 0.119 e. The number of aliphatic hydroxyl groups is 2. The van der Waals surface area contributed by atoms with Crippen LogP contribution >= 0.6 is 15.9 Å². The van der Waals surface area contributed by atoms with Crippen LogP contribution in [0, 0.1) is 0 Å². The zero-order valence-corrected chi connectivity index (χ0v) is 12.5. The number of benzene rings is 1. The Hall–Kier alpha value is -0.880. The van der Waals surface area contributed by atoms with E-state index >= 15 is 0 Å². The van der Waals surface area contributed by atoms with Gasteiger partial charge in [0.2, 0.25) is 0 Å². The van der Waals surface area contributed by atoms with E-state index < -0.39 is 6.10 Å². The highest BCUT2D eigenvalue weighted by Crippen LogP contribution is 2.16. The molecule has 0 radical (unpaired) electrons. The molecule has 1 rings (SSSR count). The average Bonchev–Trinajstić information content (AvgIpc) is 2.38. The van der Waals surface area contributed by atoms with Gasteiger partial charge in [0, 0.05) is 4.47 Å². The van der Waals surface area contributed by atoms with Crippen molar-refractivity contribution in [2.45, 2.75) is 13.0 Å². The summed E-state index contributed by atoms with van der Waals surface area (Å²) in [4.78, 5) is 0.